The highest BCUT2D eigenvalue weighted by atomic mass is 16.5. The van der Waals surface area contributed by atoms with Gasteiger partial charge < -0.3 is 24.4 Å². The number of benzene rings is 1. The summed E-state index contributed by atoms with van der Waals surface area (Å²) >= 11 is 0. The van der Waals surface area contributed by atoms with Gasteiger partial charge in [0.15, 0.2) is 6.10 Å². The zero-order chi connectivity index (χ0) is 20.3. The first-order valence-corrected chi connectivity index (χ1v) is 8.88. The number of carbonyl (C=O) groups is 2. The molecule has 0 aliphatic rings. The summed E-state index contributed by atoms with van der Waals surface area (Å²) in [4.78, 5) is 35.3. The molecule has 0 aliphatic heterocycles. The molecule has 0 aliphatic carbocycles. The molecule has 2 aromatic rings. The number of carboxylic acid groups (broad SMARTS) is 1. The van der Waals surface area contributed by atoms with Crippen LogP contribution in [0.2, 0.25) is 0 Å². The second kappa shape index (κ2) is 8.24. The third kappa shape index (κ3) is 4.30. The minimum Gasteiger partial charge on any atom is -0.548 e. The van der Waals surface area contributed by atoms with Crippen LogP contribution in [0.25, 0.3) is 11.0 Å². The second-order valence-electron chi connectivity index (χ2n) is 6.63. The van der Waals surface area contributed by atoms with Crippen molar-refractivity contribution in [3.8, 4) is 5.75 Å². The summed E-state index contributed by atoms with van der Waals surface area (Å²) in [6.07, 6.45) is -0.0619. The highest BCUT2D eigenvalue weighted by molar-refractivity contribution is 5.87. The zero-order valence-electron chi connectivity index (χ0n) is 16.2. The summed E-state index contributed by atoms with van der Waals surface area (Å²) in [5, 5.41) is 14.3. The molecule has 146 valence electrons. The highest BCUT2D eigenvalue weighted by Gasteiger charge is 2.21. The molecule has 1 N–H and O–H groups in total. The van der Waals surface area contributed by atoms with Gasteiger partial charge in [-0.3, -0.25) is 4.79 Å². The molecule has 0 bridgehead atoms. The summed E-state index contributed by atoms with van der Waals surface area (Å²) < 4.78 is 11.1. The van der Waals surface area contributed by atoms with E-state index in [9.17, 15) is 19.5 Å². The number of carbonyl (C=O) groups excluding carboxylic acids is 2. The average molecular weight is 374 g/mol. The third-order valence-corrected chi connectivity index (χ3v) is 4.67. The Bertz CT molecular complexity index is 930. The van der Waals surface area contributed by atoms with E-state index in [-0.39, 0.29) is 6.42 Å². The molecule has 0 fully saturated rings. The van der Waals surface area contributed by atoms with E-state index in [0.29, 0.717) is 28.9 Å². The molecule has 2 atom stereocenters. The van der Waals surface area contributed by atoms with Crippen LogP contribution >= 0.6 is 0 Å². The first-order valence-electron chi connectivity index (χ1n) is 8.88. The van der Waals surface area contributed by atoms with Gasteiger partial charge in [0, 0.05) is 16.5 Å². The summed E-state index contributed by atoms with van der Waals surface area (Å²) in [7, 11) is 0. The number of carboxylic acids is 1. The predicted molar refractivity (Wildman–Crippen MR) is 98.6 cm³/mol. The fourth-order valence-electron chi connectivity index (χ4n) is 2.82. The Labute approximate surface area is 157 Å². The SMILES string of the molecule is CCC[C@H](NC(=O)[C@H](C)Oc1ccc2c(C)c(C)c(=O)oc2c1C)C(=O)[O-]. The summed E-state index contributed by atoms with van der Waals surface area (Å²) in [5.74, 6) is -1.50. The van der Waals surface area contributed by atoms with E-state index < -0.39 is 29.6 Å². The van der Waals surface area contributed by atoms with Gasteiger partial charge in [-0.05, 0) is 51.8 Å². The lowest BCUT2D eigenvalue weighted by molar-refractivity contribution is -0.308. The lowest BCUT2D eigenvalue weighted by Crippen LogP contribution is -2.51. The van der Waals surface area contributed by atoms with Crippen molar-refractivity contribution in [3.05, 3.63) is 39.2 Å². The van der Waals surface area contributed by atoms with Gasteiger partial charge in [0.25, 0.3) is 5.91 Å². The average Bonchev–Trinajstić information content (AvgIpc) is 2.62. The Morgan fingerprint density at radius 1 is 1.19 bits per heavy atom. The van der Waals surface area contributed by atoms with E-state index in [1.807, 2.05) is 13.8 Å². The lowest BCUT2D eigenvalue weighted by atomic mass is 10.0. The van der Waals surface area contributed by atoms with Crippen molar-refractivity contribution in [2.75, 3.05) is 0 Å². The molecule has 1 aromatic heterocycles. The van der Waals surface area contributed by atoms with E-state index in [4.69, 9.17) is 9.15 Å². The topological polar surface area (TPSA) is 109 Å². The Morgan fingerprint density at radius 2 is 1.85 bits per heavy atom. The number of nitrogens with one attached hydrogen (secondary N) is 1. The van der Waals surface area contributed by atoms with Gasteiger partial charge in [0.1, 0.15) is 11.3 Å². The van der Waals surface area contributed by atoms with Crippen molar-refractivity contribution in [1.82, 2.24) is 5.32 Å². The van der Waals surface area contributed by atoms with Crippen molar-refractivity contribution in [1.29, 1.82) is 0 Å². The number of hydrogen-bond acceptors (Lipinski definition) is 6. The van der Waals surface area contributed by atoms with Gasteiger partial charge >= 0.3 is 5.63 Å². The van der Waals surface area contributed by atoms with Crippen LogP contribution in [-0.2, 0) is 9.59 Å². The number of aryl methyl sites for hydroxylation is 2. The lowest BCUT2D eigenvalue weighted by Gasteiger charge is -2.22. The van der Waals surface area contributed by atoms with Gasteiger partial charge in [-0.2, -0.15) is 0 Å². The van der Waals surface area contributed by atoms with Crippen molar-refractivity contribution in [2.24, 2.45) is 0 Å². The molecule has 0 spiro atoms. The van der Waals surface area contributed by atoms with E-state index in [1.54, 1.807) is 26.0 Å². The number of hydrogen-bond donors (Lipinski definition) is 1. The second-order valence-corrected chi connectivity index (χ2v) is 6.63. The molecule has 0 saturated carbocycles. The molecule has 0 unspecified atom stereocenters. The zero-order valence-corrected chi connectivity index (χ0v) is 16.2. The molecule has 7 nitrogen and oxygen atoms in total. The normalized spacial score (nSPS) is 13.2. The van der Waals surface area contributed by atoms with Crippen LogP contribution in [0, 0.1) is 20.8 Å². The fraction of sp³-hybridized carbons (Fsp3) is 0.450. The predicted octanol–water partition coefficient (Wildman–Crippen LogP) is 1.52. The smallest absolute Gasteiger partial charge is 0.339 e. The minimum absolute atomic E-state index is 0.277. The maximum absolute atomic E-state index is 12.3. The largest absolute Gasteiger partial charge is 0.548 e. The molecular formula is C20H24NO6-. The van der Waals surface area contributed by atoms with E-state index >= 15 is 0 Å². The Kier molecular flexibility index (Phi) is 6.25. The van der Waals surface area contributed by atoms with Gasteiger partial charge in [-0.15, -0.1) is 0 Å². The summed E-state index contributed by atoms with van der Waals surface area (Å²) in [5.41, 5.74) is 1.97. The highest BCUT2D eigenvalue weighted by Crippen LogP contribution is 2.29. The molecule has 0 saturated heterocycles. The van der Waals surface area contributed by atoms with Crippen LogP contribution in [0.5, 0.6) is 5.75 Å². The first kappa shape index (κ1) is 20.5. The molecule has 1 amide bonds. The van der Waals surface area contributed by atoms with Crippen molar-refractivity contribution in [2.45, 2.75) is 59.6 Å². The number of rotatable bonds is 7. The quantitative estimate of drug-likeness (QED) is 0.736. The number of fused-ring (bicyclic) bond motifs is 1. The maximum atomic E-state index is 12.3. The Balaban J connectivity index is 2.26. The van der Waals surface area contributed by atoms with Crippen molar-refractivity contribution in [3.63, 3.8) is 0 Å². The van der Waals surface area contributed by atoms with Crippen LogP contribution in [0.15, 0.2) is 21.3 Å². The monoisotopic (exact) mass is 374 g/mol. The van der Waals surface area contributed by atoms with Crippen molar-refractivity contribution >= 4 is 22.8 Å². The Morgan fingerprint density at radius 3 is 2.44 bits per heavy atom. The van der Waals surface area contributed by atoms with E-state index in [1.165, 1.54) is 6.92 Å². The Hall–Kier alpha value is -2.83. The van der Waals surface area contributed by atoms with Crippen LogP contribution in [0.1, 0.15) is 43.4 Å². The van der Waals surface area contributed by atoms with E-state index in [2.05, 4.69) is 5.32 Å². The first-order chi connectivity index (χ1) is 12.7. The molecule has 1 aromatic carbocycles. The number of amides is 1. The van der Waals surface area contributed by atoms with E-state index in [0.717, 1.165) is 10.9 Å². The molecule has 27 heavy (non-hydrogen) atoms. The van der Waals surface area contributed by atoms with Crippen molar-refractivity contribution < 1.29 is 23.8 Å². The maximum Gasteiger partial charge on any atom is 0.339 e. The standard InChI is InChI=1S/C20H25NO6/c1-6-7-15(19(23)24)21-18(22)13(5)26-16-9-8-14-10(2)11(3)20(25)27-17(14)12(16)4/h8-9,13,15H,6-7H2,1-5H3,(H,21,22)(H,23,24)/p-1/t13-,15-/m0/s1. The number of ether oxygens (including phenoxy) is 1. The minimum atomic E-state index is -1.33. The fourth-order valence-corrected chi connectivity index (χ4v) is 2.82. The van der Waals surface area contributed by atoms with Gasteiger partial charge in [-0.1, -0.05) is 13.3 Å². The van der Waals surface area contributed by atoms with Gasteiger partial charge in [0.2, 0.25) is 0 Å². The molecule has 7 heteroatoms. The van der Waals surface area contributed by atoms with Gasteiger partial charge in [0.05, 0.1) is 12.0 Å². The van der Waals surface area contributed by atoms with Crippen LogP contribution in [-0.4, -0.2) is 24.0 Å². The molecule has 2 rings (SSSR count). The summed E-state index contributed by atoms with van der Waals surface area (Å²) in [6, 6.07) is 2.42. The number of aliphatic carboxylic acids is 1. The van der Waals surface area contributed by atoms with Crippen LogP contribution < -0.4 is 20.8 Å². The third-order valence-electron chi connectivity index (χ3n) is 4.67. The van der Waals surface area contributed by atoms with Crippen LogP contribution in [0.4, 0.5) is 0 Å². The molecular weight excluding hydrogens is 350 g/mol. The van der Waals surface area contributed by atoms with Gasteiger partial charge in [-0.25, -0.2) is 4.79 Å². The molecule has 0 radical (unpaired) electrons. The molecule has 1 heterocycles. The van der Waals surface area contributed by atoms with Crippen LogP contribution in [0.3, 0.4) is 0 Å². The summed E-state index contributed by atoms with van der Waals surface area (Å²) in [6.45, 7) is 8.63.